The number of thiocarbonyl (C=S) groups is 1. The molecule has 2 N–H and O–H groups in total. The van der Waals surface area contributed by atoms with Crippen LogP contribution in [-0.4, -0.2) is 12.0 Å². The van der Waals surface area contributed by atoms with Crippen molar-refractivity contribution in [3.63, 3.8) is 0 Å². The third-order valence-corrected chi connectivity index (χ3v) is 4.75. The maximum Gasteiger partial charge on any atom is 0.107 e. The molecule has 0 fully saturated rings. The van der Waals surface area contributed by atoms with E-state index < -0.39 is 0 Å². The van der Waals surface area contributed by atoms with Crippen LogP contribution in [0.1, 0.15) is 10.4 Å². The Morgan fingerprint density at radius 1 is 1.42 bits per heavy atom. The van der Waals surface area contributed by atoms with Crippen molar-refractivity contribution in [2.45, 2.75) is 6.54 Å². The lowest BCUT2D eigenvalue weighted by molar-refractivity contribution is 0.938. The zero-order valence-corrected chi connectivity index (χ0v) is 14.2. The summed E-state index contributed by atoms with van der Waals surface area (Å²) in [4.78, 5) is 3.70. The van der Waals surface area contributed by atoms with Crippen molar-refractivity contribution < 1.29 is 0 Å². The molecule has 1 aromatic carbocycles. The largest absolute Gasteiger partial charge is 0.389 e. The molecule has 19 heavy (non-hydrogen) atoms. The van der Waals surface area contributed by atoms with Gasteiger partial charge in [0, 0.05) is 27.6 Å². The number of rotatable bonds is 4. The van der Waals surface area contributed by atoms with E-state index in [2.05, 4.69) is 20.8 Å². The van der Waals surface area contributed by atoms with Gasteiger partial charge in [-0.05, 0) is 40.2 Å². The van der Waals surface area contributed by atoms with E-state index in [-0.39, 0.29) is 0 Å². The first kappa shape index (κ1) is 14.8. The molecule has 0 spiro atoms. The van der Waals surface area contributed by atoms with Crippen LogP contribution in [0, 0.1) is 0 Å². The molecule has 0 saturated carbocycles. The number of halogens is 2. The van der Waals surface area contributed by atoms with Gasteiger partial charge in [-0.3, -0.25) is 0 Å². The van der Waals surface area contributed by atoms with Crippen molar-refractivity contribution in [3.05, 3.63) is 49.6 Å². The van der Waals surface area contributed by atoms with Crippen molar-refractivity contribution >= 4 is 61.8 Å². The Hall–Kier alpha value is -0.620. The molecule has 0 radical (unpaired) electrons. The van der Waals surface area contributed by atoms with Crippen LogP contribution in [0.15, 0.2) is 34.8 Å². The molecular weight excluding hydrogens is 364 g/mol. The van der Waals surface area contributed by atoms with Gasteiger partial charge in [-0.15, -0.1) is 11.3 Å². The third kappa shape index (κ3) is 3.48. The summed E-state index contributed by atoms with van der Waals surface area (Å²) in [6.07, 6.45) is 0. The summed E-state index contributed by atoms with van der Waals surface area (Å²) < 4.78 is 1.71. The Bertz CT molecular complexity index is 612. The maximum atomic E-state index is 5.95. The molecule has 0 amide bonds. The van der Waals surface area contributed by atoms with E-state index >= 15 is 0 Å². The number of anilines is 1. The van der Waals surface area contributed by atoms with Crippen LogP contribution in [0.4, 0.5) is 5.69 Å². The van der Waals surface area contributed by atoms with E-state index in [4.69, 9.17) is 29.6 Å². The Morgan fingerprint density at radius 2 is 2.16 bits per heavy atom. The van der Waals surface area contributed by atoms with Gasteiger partial charge in [0.2, 0.25) is 0 Å². The van der Waals surface area contributed by atoms with Crippen LogP contribution in [0.2, 0.25) is 4.34 Å². The van der Waals surface area contributed by atoms with Gasteiger partial charge < -0.3 is 10.6 Å². The molecule has 0 saturated heterocycles. The highest BCUT2D eigenvalue weighted by Crippen LogP contribution is 2.29. The van der Waals surface area contributed by atoms with E-state index in [1.807, 2.05) is 37.4 Å². The molecule has 1 aromatic heterocycles. The minimum Gasteiger partial charge on any atom is -0.389 e. The molecular formula is C13H12BrClN2S2. The summed E-state index contributed by atoms with van der Waals surface area (Å²) in [6, 6.07) is 9.86. The quantitative estimate of drug-likeness (QED) is 0.801. The summed E-state index contributed by atoms with van der Waals surface area (Å²) in [6.45, 7) is 0.767. The van der Waals surface area contributed by atoms with Gasteiger partial charge in [0.05, 0.1) is 10.9 Å². The zero-order valence-electron chi connectivity index (χ0n) is 10.2. The molecule has 1 heterocycles. The second kappa shape index (κ2) is 6.22. The second-order valence-electron chi connectivity index (χ2n) is 4.06. The zero-order chi connectivity index (χ0) is 14.0. The number of hydrogen-bond donors (Lipinski definition) is 1. The molecule has 0 atom stereocenters. The second-order valence-corrected chi connectivity index (χ2v) is 7.15. The number of hydrogen-bond acceptors (Lipinski definition) is 3. The smallest absolute Gasteiger partial charge is 0.107 e. The molecule has 0 unspecified atom stereocenters. The molecule has 2 rings (SSSR count). The van der Waals surface area contributed by atoms with Crippen LogP contribution in [-0.2, 0) is 6.54 Å². The summed E-state index contributed by atoms with van der Waals surface area (Å²) in [5.74, 6) is 0. The van der Waals surface area contributed by atoms with E-state index in [1.54, 1.807) is 11.3 Å². The first-order valence-electron chi connectivity index (χ1n) is 5.52. The highest BCUT2D eigenvalue weighted by molar-refractivity contribution is 9.10. The molecule has 0 aliphatic rings. The lowest BCUT2D eigenvalue weighted by Crippen LogP contribution is -2.21. The van der Waals surface area contributed by atoms with Gasteiger partial charge >= 0.3 is 0 Å². The molecule has 100 valence electrons. The van der Waals surface area contributed by atoms with Gasteiger partial charge in [-0.2, -0.15) is 0 Å². The minimum atomic E-state index is 0.388. The average Bonchev–Trinajstić information content (AvgIpc) is 2.73. The highest BCUT2D eigenvalue weighted by atomic mass is 79.9. The Kier molecular flexibility index (Phi) is 4.84. The van der Waals surface area contributed by atoms with E-state index in [0.717, 1.165) is 26.6 Å². The maximum absolute atomic E-state index is 5.95. The van der Waals surface area contributed by atoms with E-state index in [1.165, 1.54) is 4.88 Å². The van der Waals surface area contributed by atoms with Crippen molar-refractivity contribution in [1.29, 1.82) is 0 Å². The van der Waals surface area contributed by atoms with Crippen molar-refractivity contribution in [2.75, 3.05) is 11.9 Å². The highest BCUT2D eigenvalue weighted by Gasteiger charge is 2.13. The lowest BCUT2D eigenvalue weighted by Gasteiger charge is -2.22. The van der Waals surface area contributed by atoms with Crippen LogP contribution in [0.25, 0.3) is 0 Å². The normalized spacial score (nSPS) is 10.5. The van der Waals surface area contributed by atoms with Gasteiger partial charge in [0.25, 0.3) is 0 Å². The summed E-state index contributed by atoms with van der Waals surface area (Å²) in [7, 11) is 2.01. The molecule has 0 aliphatic heterocycles. The fourth-order valence-electron chi connectivity index (χ4n) is 1.83. The minimum absolute atomic E-state index is 0.388. The fourth-order valence-corrected chi connectivity index (χ4v) is 3.89. The lowest BCUT2D eigenvalue weighted by atomic mass is 10.1. The van der Waals surface area contributed by atoms with Gasteiger partial charge in [-0.1, -0.05) is 29.9 Å². The topological polar surface area (TPSA) is 29.3 Å². The monoisotopic (exact) mass is 374 g/mol. The van der Waals surface area contributed by atoms with Gasteiger partial charge in [0.1, 0.15) is 4.99 Å². The van der Waals surface area contributed by atoms with Crippen LogP contribution < -0.4 is 10.6 Å². The Labute approximate surface area is 135 Å². The first-order chi connectivity index (χ1) is 8.99. The molecule has 2 aromatic rings. The Morgan fingerprint density at radius 3 is 2.74 bits per heavy atom. The summed E-state index contributed by atoms with van der Waals surface area (Å²) >= 11 is 16.1. The Balaban J connectivity index is 2.31. The number of nitrogens with zero attached hydrogens (tertiary/aromatic N) is 1. The molecule has 0 bridgehead atoms. The van der Waals surface area contributed by atoms with Crippen LogP contribution in [0.5, 0.6) is 0 Å². The van der Waals surface area contributed by atoms with Crippen LogP contribution >= 0.6 is 51.1 Å². The first-order valence-corrected chi connectivity index (χ1v) is 7.92. The summed E-state index contributed by atoms with van der Waals surface area (Å²) in [5, 5.41) is 0. The van der Waals surface area contributed by atoms with Crippen molar-refractivity contribution in [2.24, 2.45) is 5.73 Å². The number of nitrogens with two attached hydrogens (primary N) is 1. The standard InChI is InChI=1S/C13H12BrClN2S2/c1-17(7-8-5-6-11(15)19-8)10-4-2-3-9(14)12(10)13(16)18/h2-6H,7H2,1H3,(H2,16,18). The summed E-state index contributed by atoms with van der Waals surface area (Å²) in [5.41, 5.74) is 7.68. The van der Waals surface area contributed by atoms with Crippen molar-refractivity contribution in [3.8, 4) is 0 Å². The molecule has 6 heteroatoms. The van der Waals surface area contributed by atoms with E-state index in [9.17, 15) is 0 Å². The van der Waals surface area contributed by atoms with Crippen molar-refractivity contribution in [1.82, 2.24) is 0 Å². The predicted octanol–water partition coefficient (Wildman–Crippen LogP) is 4.43. The van der Waals surface area contributed by atoms with Gasteiger partial charge in [0.15, 0.2) is 0 Å². The fraction of sp³-hybridized carbons (Fsp3) is 0.154. The number of benzene rings is 1. The molecule has 2 nitrogen and oxygen atoms in total. The SMILES string of the molecule is CN(Cc1ccc(Cl)s1)c1cccc(Br)c1C(N)=S. The molecule has 0 aliphatic carbocycles. The van der Waals surface area contributed by atoms with E-state index in [0.29, 0.717) is 4.99 Å². The predicted molar refractivity (Wildman–Crippen MR) is 91.5 cm³/mol. The average molecular weight is 376 g/mol. The number of thiophene rings is 1. The van der Waals surface area contributed by atoms with Gasteiger partial charge in [-0.25, -0.2) is 0 Å². The van der Waals surface area contributed by atoms with Crippen LogP contribution in [0.3, 0.4) is 0 Å². The third-order valence-electron chi connectivity index (χ3n) is 2.67.